The van der Waals surface area contributed by atoms with Gasteiger partial charge in [0.25, 0.3) is 0 Å². The number of hydrogen-bond donors (Lipinski definition) is 1. The fourth-order valence-corrected chi connectivity index (χ4v) is 2.52. The molecule has 0 aliphatic heterocycles. The van der Waals surface area contributed by atoms with Crippen molar-refractivity contribution in [2.24, 2.45) is 17.6 Å². The number of hydrogen-bond acceptors (Lipinski definition) is 5. The van der Waals surface area contributed by atoms with E-state index < -0.39 is 0 Å². The van der Waals surface area contributed by atoms with Crippen LogP contribution in [0.5, 0.6) is 0 Å². The SMILES string of the molecule is COC(c1noc(C(C(C)C)C(C)N)n1)C1CC1. The smallest absolute Gasteiger partial charge is 0.231 e. The number of nitrogens with two attached hydrogens (primary N) is 1. The Morgan fingerprint density at radius 3 is 2.44 bits per heavy atom. The molecule has 0 spiro atoms. The zero-order valence-electron chi connectivity index (χ0n) is 11.6. The summed E-state index contributed by atoms with van der Waals surface area (Å²) in [7, 11) is 1.70. The summed E-state index contributed by atoms with van der Waals surface area (Å²) < 4.78 is 10.8. The summed E-state index contributed by atoms with van der Waals surface area (Å²) >= 11 is 0. The van der Waals surface area contributed by atoms with Gasteiger partial charge in [-0.05, 0) is 31.6 Å². The molecular weight excluding hydrogens is 230 g/mol. The molecule has 0 radical (unpaired) electrons. The van der Waals surface area contributed by atoms with Gasteiger partial charge >= 0.3 is 0 Å². The minimum absolute atomic E-state index is 0.000204. The Morgan fingerprint density at radius 2 is 2.00 bits per heavy atom. The third kappa shape index (κ3) is 2.72. The van der Waals surface area contributed by atoms with Crippen molar-refractivity contribution < 1.29 is 9.26 Å². The normalized spacial score (nSPS) is 21.0. The van der Waals surface area contributed by atoms with Crippen LogP contribution >= 0.6 is 0 Å². The van der Waals surface area contributed by atoms with Crippen LogP contribution in [-0.4, -0.2) is 23.3 Å². The van der Waals surface area contributed by atoms with Gasteiger partial charge in [0.1, 0.15) is 6.10 Å². The highest BCUT2D eigenvalue weighted by Crippen LogP contribution is 2.42. The lowest BCUT2D eigenvalue weighted by atomic mass is 9.90. The Balaban J connectivity index is 2.17. The molecule has 0 bridgehead atoms. The van der Waals surface area contributed by atoms with Crippen LogP contribution in [0.3, 0.4) is 0 Å². The zero-order valence-corrected chi connectivity index (χ0v) is 11.6. The summed E-state index contributed by atoms with van der Waals surface area (Å²) in [6.07, 6.45) is 2.34. The highest BCUT2D eigenvalue weighted by molar-refractivity contribution is 5.03. The van der Waals surface area contributed by atoms with Gasteiger partial charge in [-0.1, -0.05) is 19.0 Å². The van der Waals surface area contributed by atoms with Crippen LogP contribution in [-0.2, 0) is 4.74 Å². The lowest BCUT2D eigenvalue weighted by Crippen LogP contribution is -2.28. The van der Waals surface area contributed by atoms with E-state index in [1.807, 2.05) is 6.92 Å². The topological polar surface area (TPSA) is 74.2 Å². The molecule has 2 N–H and O–H groups in total. The van der Waals surface area contributed by atoms with Gasteiger partial charge in [-0.15, -0.1) is 0 Å². The van der Waals surface area contributed by atoms with Gasteiger partial charge in [0.05, 0.1) is 5.92 Å². The molecule has 1 heterocycles. The lowest BCUT2D eigenvalue weighted by Gasteiger charge is -2.20. The molecule has 1 aromatic heterocycles. The van der Waals surface area contributed by atoms with Crippen molar-refractivity contribution in [2.75, 3.05) is 7.11 Å². The Bertz CT molecular complexity index is 377. The Morgan fingerprint density at radius 1 is 1.33 bits per heavy atom. The number of methoxy groups -OCH3 is 1. The highest BCUT2D eigenvalue weighted by atomic mass is 16.5. The molecule has 5 heteroatoms. The molecule has 1 aliphatic rings. The Labute approximate surface area is 108 Å². The maximum absolute atomic E-state index is 6.00. The number of ether oxygens (including phenoxy) is 1. The van der Waals surface area contributed by atoms with Crippen molar-refractivity contribution >= 4 is 0 Å². The molecular formula is C13H23N3O2. The van der Waals surface area contributed by atoms with Crippen LogP contribution in [0.1, 0.15) is 57.3 Å². The molecule has 0 saturated heterocycles. The van der Waals surface area contributed by atoms with E-state index in [0.717, 1.165) is 0 Å². The van der Waals surface area contributed by atoms with Crippen molar-refractivity contribution in [2.45, 2.75) is 51.7 Å². The summed E-state index contributed by atoms with van der Waals surface area (Å²) in [6, 6.07) is 0.000204. The first-order chi connectivity index (χ1) is 8.54. The van der Waals surface area contributed by atoms with Gasteiger partial charge in [-0.2, -0.15) is 4.98 Å². The highest BCUT2D eigenvalue weighted by Gasteiger charge is 2.36. The van der Waals surface area contributed by atoms with E-state index in [0.29, 0.717) is 23.6 Å². The van der Waals surface area contributed by atoms with E-state index in [2.05, 4.69) is 24.0 Å². The molecule has 0 amide bonds. The first-order valence-electron chi connectivity index (χ1n) is 6.66. The van der Waals surface area contributed by atoms with E-state index in [1.165, 1.54) is 12.8 Å². The van der Waals surface area contributed by atoms with E-state index in [4.69, 9.17) is 15.0 Å². The number of nitrogens with zero attached hydrogens (tertiary/aromatic N) is 2. The van der Waals surface area contributed by atoms with Crippen molar-refractivity contribution in [1.29, 1.82) is 0 Å². The van der Waals surface area contributed by atoms with Gasteiger partial charge in [-0.3, -0.25) is 0 Å². The van der Waals surface area contributed by atoms with Crippen molar-refractivity contribution in [3.63, 3.8) is 0 Å². The maximum atomic E-state index is 6.00. The van der Waals surface area contributed by atoms with E-state index >= 15 is 0 Å². The molecule has 3 unspecified atom stereocenters. The van der Waals surface area contributed by atoms with E-state index in [-0.39, 0.29) is 18.1 Å². The van der Waals surface area contributed by atoms with Gasteiger partial charge in [0, 0.05) is 13.2 Å². The molecule has 2 rings (SSSR count). The van der Waals surface area contributed by atoms with Crippen LogP contribution in [0, 0.1) is 11.8 Å². The van der Waals surface area contributed by atoms with Crippen molar-refractivity contribution in [1.82, 2.24) is 10.1 Å². The number of rotatable bonds is 6. The predicted molar refractivity (Wildman–Crippen MR) is 68.0 cm³/mol. The van der Waals surface area contributed by atoms with Gasteiger partial charge in [0.2, 0.25) is 11.7 Å². The second-order valence-corrected chi connectivity index (χ2v) is 5.61. The van der Waals surface area contributed by atoms with Gasteiger partial charge < -0.3 is 15.0 Å². The molecule has 1 fully saturated rings. The summed E-state index contributed by atoms with van der Waals surface area (Å²) in [5.41, 5.74) is 6.00. The standard InChI is InChI=1S/C13H23N3O2/c1-7(2)10(8(3)14)13-15-12(16-18-13)11(17-4)9-5-6-9/h7-11H,5-6,14H2,1-4H3. The summed E-state index contributed by atoms with van der Waals surface area (Å²) in [4.78, 5) is 4.50. The monoisotopic (exact) mass is 253 g/mol. The van der Waals surface area contributed by atoms with Crippen LogP contribution in [0.4, 0.5) is 0 Å². The molecule has 3 atom stereocenters. The minimum atomic E-state index is -0.0246. The second-order valence-electron chi connectivity index (χ2n) is 5.61. The Hall–Kier alpha value is -0.940. The summed E-state index contributed by atoms with van der Waals surface area (Å²) in [6.45, 7) is 6.21. The minimum Gasteiger partial charge on any atom is -0.373 e. The largest absolute Gasteiger partial charge is 0.373 e. The first kappa shape index (κ1) is 13.5. The van der Waals surface area contributed by atoms with Crippen LogP contribution in [0.25, 0.3) is 0 Å². The van der Waals surface area contributed by atoms with Crippen molar-refractivity contribution in [3.8, 4) is 0 Å². The zero-order chi connectivity index (χ0) is 13.3. The molecule has 18 heavy (non-hydrogen) atoms. The van der Waals surface area contributed by atoms with E-state index in [1.54, 1.807) is 7.11 Å². The maximum Gasteiger partial charge on any atom is 0.231 e. The molecule has 5 nitrogen and oxygen atoms in total. The van der Waals surface area contributed by atoms with E-state index in [9.17, 15) is 0 Å². The van der Waals surface area contributed by atoms with Crippen LogP contribution in [0.2, 0.25) is 0 Å². The third-order valence-electron chi connectivity index (χ3n) is 3.59. The number of aromatic nitrogens is 2. The quantitative estimate of drug-likeness (QED) is 0.841. The lowest BCUT2D eigenvalue weighted by molar-refractivity contribution is 0.0751. The van der Waals surface area contributed by atoms with Crippen LogP contribution < -0.4 is 5.73 Å². The second kappa shape index (κ2) is 5.36. The summed E-state index contributed by atoms with van der Waals surface area (Å²) in [5.74, 6) is 2.33. The molecule has 0 aromatic carbocycles. The van der Waals surface area contributed by atoms with Gasteiger partial charge in [-0.25, -0.2) is 0 Å². The average Bonchev–Trinajstić information content (AvgIpc) is 3.00. The Kier molecular flexibility index (Phi) is 4.02. The molecule has 102 valence electrons. The van der Waals surface area contributed by atoms with Crippen molar-refractivity contribution in [3.05, 3.63) is 11.7 Å². The average molecular weight is 253 g/mol. The molecule has 1 aromatic rings. The third-order valence-corrected chi connectivity index (χ3v) is 3.59. The van der Waals surface area contributed by atoms with Crippen LogP contribution in [0.15, 0.2) is 4.52 Å². The molecule has 1 saturated carbocycles. The van der Waals surface area contributed by atoms with Gasteiger partial charge in [0.15, 0.2) is 0 Å². The fourth-order valence-electron chi connectivity index (χ4n) is 2.52. The first-order valence-corrected chi connectivity index (χ1v) is 6.66. The predicted octanol–water partition coefficient (Wildman–Crippen LogP) is 2.25. The summed E-state index contributed by atoms with van der Waals surface area (Å²) in [5, 5.41) is 4.07. The fraction of sp³-hybridized carbons (Fsp3) is 0.846. The molecule has 1 aliphatic carbocycles.